The highest BCUT2D eigenvalue weighted by molar-refractivity contribution is 5.81. The van der Waals surface area contributed by atoms with E-state index in [9.17, 15) is 9.59 Å². The Morgan fingerprint density at radius 2 is 1.94 bits per heavy atom. The van der Waals surface area contributed by atoms with Crippen LogP contribution in [0.2, 0.25) is 0 Å². The number of hydrogen-bond acceptors (Lipinski definition) is 5. The van der Waals surface area contributed by atoms with Crippen LogP contribution in [0, 0.1) is 11.3 Å². The van der Waals surface area contributed by atoms with E-state index in [2.05, 4.69) is 4.74 Å². The van der Waals surface area contributed by atoms with Gasteiger partial charge in [0.15, 0.2) is 0 Å². The average Bonchev–Trinajstić information content (AvgIpc) is 2.25. The maximum Gasteiger partial charge on any atom is 0.411 e. The van der Waals surface area contributed by atoms with E-state index in [0.717, 1.165) is 0 Å². The monoisotopic (exact) mass is 256 g/mol. The number of esters is 1. The molecule has 0 aliphatic heterocycles. The smallest absolute Gasteiger partial charge is 0.411 e. The average molecular weight is 256 g/mol. The van der Waals surface area contributed by atoms with E-state index in [1.165, 1.54) is 18.9 Å². The van der Waals surface area contributed by atoms with E-state index in [-0.39, 0.29) is 13.0 Å². The summed E-state index contributed by atoms with van der Waals surface area (Å²) < 4.78 is 9.76. The highest BCUT2D eigenvalue weighted by atomic mass is 16.6. The quantitative estimate of drug-likeness (QED) is 0.715. The molecule has 0 aliphatic rings. The second kappa shape index (κ2) is 6.84. The van der Waals surface area contributed by atoms with Gasteiger partial charge in [0.1, 0.15) is 11.6 Å². The minimum atomic E-state index is -0.779. The van der Waals surface area contributed by atoms with Gasteiger partial charge in [-0.2, -0.15) is 5.26 Å². The first-order chi connectivity index (χ1) is 8.22. The zero-order chi connectivity index (χ0) is 14.3. The van der Waals surface area contributed by atoms with Crippen molar-refractivity contribution in [3.63, 3.8) is 0 Å². The summed E-state index contributed by atoms with van der Waals surface area (Å²) in [6.07, 6.45) is -0.503. The largest absolute Gasteiger partial charge is 0.467 e. The maximum absolute atomic E-state index is 11.9. The van der Waals surface area contributed by atoms with Gasteiger partial charge in [0.25, 0.3) is 0 Å². The van der Waals surface area contributed by atoms with Gasteiger partial charge in [0, 0.05) is 6.54 Å². The predicted molar refractivity (Wildman–Crippen MR) is 64.6 cm³/mol. The molecule has 0 bridgehead atoms. The summed E-state index contributed by atoms with van der Waals surface area (Å²) in [6.45, 7) is 6.86. The highest BCUT2D eigenvalue weighted by Gasteiger charge is 2.30. The Hall–Kier alpha value is -1.77. The van der Waals surface area contributed by atoms with Crippen LogP contribution < -0.4 is 0 Å². The van der Waals surface area contributed by atoms with Gasteiger partial charge in [-0.05, 0) is 27.7 Å². The van der Waals surface area contributed by atoms with Crippen molar-refractivity contribution in [1.82, 2.24) is 4.90 Å². The Bertz CT molecular complexity index is 341. The fourth-order valence-electron chi connectivity index (χ4n) is 1.23. The molecule has 0 rings (SSSR count). The standard InChI is InChI=1S/C12H20N2O4/c1-9(10(15)17-5)14(8-6-7-13)11(16)18-12(2,3)4/h9H,6,8H2,1-5H3/t9-/m1/s1. The van der Waals surface area contributed by atoms with E-state index < -0.39 is 23.7 Å². The molecule has 6 nitrogen and oxygen atoms in total. The van der Waals surface area contributed by atoms with Crippen molar-refractivity contribution >= 4 is 12.1 Å². The van der Waals surface area contributed by atoms with Crippen LogP contribution in [0.25, 0.3) is 0 Å². The molecule has 0 aromatic heterocycles. The van der Waals surface area contributed by atoms with Crippen molar-refractivity contribution in [2.75, 3.05) is 13.7 Å². The normalized spacial score (nSPS) is 12.2. The second-order valence-corrected chi connectivity index (χ2v) is 4.78. The van der Waals surface area contributed by atoms with E-state index in [0.29, 0.717) is 0 Å². The Morgan fingerprint density at radius 3 is 2.33 bits per heavy atom. The number of hydrogen-bond donors (Lipinski definition) is 0. The molecular weight excluding hydrogens is 236 g/mol. The molecule has 0 saturated heterocycles. The molecule has 0 N–H and O–H groups in total. The number of carbonyl (C=O) groups excluding carboxylic acids is 2. The number of amides is 1. The molecule has 0 spiro atoms. The minimum absolute atomic E-state index is 0.126. The molecule has 0 radical (unpaired) electrons. The molecule has 0 aromatic carbocycles. The van der Waals surface area contributed by atoms with Gasteiger partial charge in [-0.15, -0.1) is 0 Å². The third-order valence-electron chi connectivity index (χ3n) is 2.10. The van der Waals surface area contributed by atoms with Gasteiger partial charge in [-0.25, -0.2) is 9.59 Å². The topological polar surface area (TPSA) is 79.6 Å². The Kier molecular flexibility index (Phi) is 6.17. The molecular formula is C12H20N2O4. The number of nitrogens with zero attached hydrogens (tertiary/aromatic N) is 2. The van der Waals surface area contributed by atoms with E-state index in [1.807, 2.05) is 6.07 Å². The SMILES string of the molecule is COC(=O)[C@@H](C)N(CCC#N)C(=O)OC(C)(C)C. The fraction of sp³-hybridized carbons (Fsp3) is 0.750. The number of carbonyl (C=O) groups is 2. The summed E-state index contributed by atoms with van der Waals surface area (Å²) in [7, 11) is 1.25. The Balaban J connectivity index is 4.83. The summed E-state index contributed by atoms with van der Waals surface area (Å²) in [5.41, 5.74) is -0.655. The molecule has 0 aliphatic carbocycles. The van der Waals surface area contributed by atoms with Crippen LogP contribution in [-0.4, -0.2) is 42.3 Å². The van der Waals surface area contributed by atoms with Gasteiger partial charge in [0.05, 0.1) is 19.6 Å². The lowest BCUT2D eigenvalue weighted by molar-refractivity contribution is -0.146. The van der Waals surface area contributed by atoms with Crippen LogP contribution in [0.15, 0.2) is 0 Å². The lowest BCUT2D eigenvalue weighted by Crippen LogP contribution is -2.46. The van der Waals surface area contributed by atoms with Gasteiger partial charge in [0.2, 0.25) is 0 Å². The van der Waals surface area contributed by atoms with E-state index in [4.69, 9.17) is 10.00 Å². The van der Waals surface area contributed by atoms with Crippen LogP contribution in [0.5, 0.6) is 0 Å². The summed E-state index contributed by atoms with van der Waals surface area (Å²) in [6, 6.07) is 1.15. The van der Waals surface area contributed by atoms with Crippen LogP contribution in [0.3, 0.4) is 0 Å². The molecule has 1 amide bonds. The minimum Gasteiger partial charge on any atom is -0.467 e. The number of methoxy groups -OCH3 is 1. The molecule has 0 aromatic rings. The van der Waals surface area contributed by atoms with Crippen molar-refractivity contribution in [2.24, 2.45) is 0 Å². The predicted octanol–water partition coefficient (Wildman–Crippen LogP) is 1.70. The van der Waals surface area contributed by atoms with Crippen LogP contribution in [-0.2, 0) is 14.3 Å². The van der Waals surface area contributed by atoms with E-state index >= 15 is 0 Å². The molecule has 6 heteroatoms. The van der Waals surface area contributed by atoms with Crippen molar-refractivity contribution in [3.8, 4) is 6.07 Å². The maximum atomic E-state index is 11.9. The van der Waals surface area contributed by atoms with Crippen molar-refractivity contribution in [3.05, 3.63) is 0 Å². The lowest BCUT2D eigenvalue weighted by atomic mass is 10.2. The zero-order valence-electron chi connectivity index (χ0n) is 11.5. The third-order valence-corrected chi connectivity index (χ3v) is 2.10. The second-order valence-electron chi connectivity index (χ2n) is 4.78. The zero-order valence-corrected chi connectivity index (χ0v) is 11.5. The van der Waals surface area contributed by atoms with Crippen LogP contribution >= 0.6 is 0 Å². The number of rotatable bonds is 4. The molecule has 0 unspecified atom stereocenters. The Labute approximate surface area is 107 Å². The molecule has 0 heterocycles. The Morgan fingerprint density at radius 1 is 1.39 bits per heavy atom. The van der Waals surface area contributed by atoms with Gasteiger partial charge < -0.3 is 9.47 Å². The van der Waals surface area contributed by atoms with Crippen molar-refractivity contribution in [1.29, 1.82) is 5.26 Å². The number of ether oxygens (including phenoxy) is 2. The first-order valence-electron chi connectivity index (χ1n) is 5.67. The molecule has 18 heavy (non-hydrogen) atoms. The molecule has 0 saturated carbocycles. The van der Waals surface area contributed by atoms with Crippen molar-refractivity contribution < 1.29 is 19.1 Å². The number of nitriles is 1. The van der Waals surface area contributed by atoms with E-state index in [1.54, 1.807) is 20.8 Å². The fourth-order valence-corrected chi connectivity index (χ4v) is 1.23. The van der Waals surface area contributed by atoms with Crippen LogP contribution in [0.4, 0.5) is 4.79 Å². The lowest BCUT2D eigenvalue weighted by Gasteiger charge is -2.29. The highest BCUT2D eigenvalue weighted by Crippen LogP contribution is 2.13. The summed E-state index contributed by atoms with van der Waals surface area (Å²) >= 11 is 0. The van der Waals surface area contributed by atoms with Gasteiger partial charge >= 0.3 is 12.1 Å². The summed E-state index contributed by atoms with van der Waals surface area (Å²) in [4.78, 5) is 24.5. The summed E-state index contributed by atoms with van der Waals surface area (Å²) in [5, 5.41) is 8.56. The molecule has 0 fully saturated rings. The third kappa shape index (κ3) is 5.53. The van der Waals surface area contributed by atoms with Gasteiger partial charge in [-0.1, -0.05) is 0 Å². The first-order valence-corrected chi connectivity index (χ1v) is 5.67. The first kappa shape index (κ1) is 16.2. The molecule has 1 atom stereocenters. The van der Waals surface area contributed by atoms with Crippen molar-refractivity contribution in [2.45, 2.75) is 45.8 Å². The summed E-state index contributed by atoms with van der Waals surface area (Å²) in [5.74, 6) is -0.543. The molecule has 102 valence electrons. The van der Waals surface area contributed by atoms with Crippen LogP contribution in [0.1, 0.15) is 34.1 Å². The van der Waals surface area contributed by atoms with Gasteiger partial charge in [-0.3, -0.25) is 4.90 Å².